The molecule has 0 aromatic carbocycles. The summed E-state index contributed by atoms with van der Waals surface area (Å²) >= 11 is 0. The van der Waals surface area contributed by atoms with Crippen molar-refractivity contribution in [3.8, 4) is 0 Å². The van der Waals surface area contributed by atoms with Gasteiger partial charge in [0.05, 0.1) is 18.3 Å². The number of aryl methyl sites for hydroxylation is 2. The molecule has 1 aromatic rings. The fourth-order valence-electron chi connectivity index (χ4n) is 3.82. The van der Waals surface area contributed by atoms with E-state index in [0.717, 1.165) is 23.4 Å². The average molecular weight is 291 g/mol. The Balaban J connectivity index is 1.63. The van der Waals surface area contributed by atoms with Crippen LogP contribution in [0, 0.1) is 19.8 Å². The molecule has 2 fully saturated rings. The van der Waals surface area contributed by atoms with Gasteiger partial charge in [-0.3, -0.25) is 4.79 Å². The van der Waals surface area contributed by atoms with Crippen LogP contribution in [0.1, 0.15) is 49.1 Å². The molecule has 5 nitrogen and oxygen atoms in total. The number of rotatable bonds is 3. The van der Waals surface area contributed by atoms with Crippen molar-refractivity contribution in [3.63, 3.8) is 0 Å². The number of nitrogens with one attached hydrogen (secondary N) is 1. The number of amides is 1. The summed E-state index contributed by atoms with van der Waals surface area (Å²) in [5.74, 6) is 1.70. The molecule has 116 valence electrons. The predicted octanol–water partition coefficient (Wildman–Crippen LogP) is 2.17. The van der Waals surface area contributed by atoms with Crippen LogP contribution in [-0.2, 0) is 11.3 Å². The molecule has 1 N–H and O–H groups in total. The van der Waals surface area contributed by atoms with Crippen molar-refractivity contribution in [1.29, 1.82) is 0 Å². The fraction of sp³-hybridized carbons (Fsp3) is 0.750. The van der Waals surface area contributed by atoms with E-state index in [1.807, 2.05) is 25.8 Å². The van der Waals surface area contributed by atoms with Gasteiger partial charge in [0, 0.05) is 18.7 Å². The largest absolute Gasteiger partial charge is 0.361 e. The van der Waals surface area contributed by atoms with E-state index >= 15 is 0 Å². The molecule has 1 aliphatic heterocycles. The van der Waals surface area contributed by atoms with Crippen LogP contribution >= 0.6 is 0 Å². The van der Waals surface area contributed by atoms with Crippen LogP contribution in [0.2, 0.25) is 0 Å². The SMILES string of the molecule is Cc1noc(C)c1CN(C)C(=O)[C@@H]1C[C@@H]2CCCC[C@@H]2N1. The van der Waals surface area contributed by atoms with Gasteiger partial charge in [0.2, 0.25) is 5.91 Å². The second kappa shape index (κ2) is 5.79. The molecule has 1 aliphatic carbocycles. The minimum absolute atomic E-state index is 0.0106. The zero-order valence-electron chi connectivity index (χ0n) is 13.2. The Bertz CT molecular complexity index is 492. The van der Waals surface area contributed by atoms with Gasteiger partial charge in [0.1, 0.15) is 5.76 Å². The molecule has 1 saturated heterocycles. The van der Waals surface area contributed by atoms with Crippen LogP contribution in [0.25, 0.3) is 0 Å². The Morgan fingerprint density at radius 1 is 1.38 bits per heavy atom. The maximum atomic E-state index is 12.6. The van der Waals surface area contributed by atoms with Crippen LogP contribution in [0.3, 0.4) is 0 Å². The quantitative estimate of drug-likeness (QED) is 0.927. The standard InChI is InChI=1S/C16H25N3O2/c1-10-13(11(2)21-18-10)9-19(3)16(20)15-8-12-6-4-5-7-14(12)17-15/h12,14-15,17H,4-9H2,1-3H3/t12-,14-,15-/m0/s1. The molecule has 21 heavy (non-hydrogen) atoms. The third-order valence-electron chi connectivity index (χ3n) is 5.11. The summed E-state index contributed by atoms with van der Waals surface area (Å²) in [5.41, 5.74) is 1.90. The van der Waals surface area contributed by atoms with Crippen molar-refractivity contribution in [3.05, 3.63) is 17.0 Å². The van der Waals surface area contributed by atoms with Gasteiger partial charge in [-0.1, -0.05) is 18.0 Å². The molecule has 0 radical (unpaired) electrons. The number of likely N-dealkylation sites (N-methyl/N-ethyl adjacent to an activating group) is 1. The summed E-state index contributed by atoms with van der Waals surface area (Å²) in [6.07, 6.45) is 6.11. The number of hydrogen-bond donors (Lipinski definition) is 1. The summed E-state index contributed by atoms with van der Waals surface area (Å²) in [5, 5.41) is 7.51. The molecule has 3 rings (SSSR count). The molecular formula is C16H25N3O2. The van der Waals surface area contributed by atoms with Crippen molar-refractivity contribution in [2.75, 3.05) is 7.05 Å². The van der Waals surface area contributed by atoms with E-state index in [0.29, 0.717) is 18.5 Å². The summed E-state index contributed by atoms with van der Waals surface area (Å²) in [6.45, 7) is 4.40. The third kappa shape index (κ3) is 2.84. The molecule has 0 spiro atoms. The molecular weight excluding hydrogens is 266 g/mol. The zero-order chi connectivity index (χ0) is 15.0. The van der Waals surface area contributed by atoms with Crippen LogP contribution < -0.4 is 5.32 Å². The van der Waals surface area contributed by atoms with Crippen LogP contribution in [0.4, 0.5) is 0 Å². The molecule has 3 atom stereocenters. The lowest BCUT2D eigenvalue weighted by Gasteiger charge is -2.24. The number of carbonyl (C=O) groups is 1. The maximum Gasteiger partial charge on any atom is 0.239 e. The van der Waals surface area contributed by atoms with Crippen molar-refractivity contribution in [2.24, 2.45) is 5.92 Å². The van der Waals surface area contributed by atoms with Gasteiger partial charge in [-0.15, -0.1) is 0 Å². The van der Waals surface area contributed by atoms with Crippen molar-refractivity contribution >= 4 is 5.91 Å². The second-order valence-corrected chi connectivity index (χ2v) is 6.60. The lowest BCUT2D eigenvalue weighted by molar-refractivity contribution is -0.132. The van der Waals surface area contributed by atoms with Gasteiger partial charge in [0.25, 0.3) is 0 Å². The zero-order valence-corrected chi connectivity index (χ0v) is 13.2. The Labute approximate surface area is 126 Å². The highest BCUT2D eigenvalue weighted by molar-refractivity contribution is 5.82. The van der Waals surface area contributed by atoms with Crippen LogP contribution in [-0.4, -0.2) is 35.1 Å². The first-order valence-corrected chi connectivity index (χ1v) is 7.99. The van der Waals surface area contributed by atoms with Gasteiger partial charge in [0.15, 0.2) is 0 Å². The third-order valence-corrected chi connectivity index (χ3v) is 5.11. The minimum atomic E-state index is -0.0106. The lowest BCUT2D eigenvalue weighted by Crippen LogP contribution is -2.43. The molecule has 2 heterocycles. The van der Waals surface area contributed by atoms with E-state index in [9.17, 15) is 4.79 Å². The first-order chi connectivity index (χ1) is 10.1. The Morgan fingerprint density at radius 2 is 2.14 bits per heavy atom. The van der Waals surface area contributed by atoms with E-state index < -0.39 is 0 Å². The predicted molar refractivity (Wildman–Crippen MR) is 79.7 cm³/mol. The molecule has 0 bridgehead atoms. The van der Waals surface area contributed by atoms with Gasteiger partial charge < -0.3 is 14.7 Å². The Morgan fingerprint density at radius 3 is 2.81 bits per heavy atom. The first kappa shape index (κ1) is 14.6. The van der Waals surface area contributed by atoms with Gasteiger partial charge in [-0.25, -0.2) is 0 Å². The van der Waals surface area contributed by atoms with E-state index in [1.54, 1.807) is 0 Å². The summed E-state index contributed by atoms with van der Waals surface area (Å²) in [7, 11) is 1.87. The first-order valence-electron chi connectivity index (χ1n) is 7.99. The highest BCUT2D eigenvalue weighted by Gasteiger charge is 2.39. The van der Waals surface area contributed by atoms with Gasteiger partial charge in [-0.05, 0) is 39.0 Å². The average Bonchev–Trinajstić information content (AvgIpc) is 3.04. The van der Waals surface area contributed by atoms with E-state index in [1.165, 1.54) is 25.7 Å². The van der Waals surface area contributed by atoms with Gasteiger partial charge in [-0.2, -0.15) is 0 Å². The highest BCUT2D eigenvalue weighted by atomic mass is 16.5. The second-order valence-electron chi connectivity index (χ2n) is 6.60. The number of fused-ring (bicyclic) bond motifs is 1. The van der Waals surface area contributed by atoms with Gasteiger partial charge >= 0.3 is 0 Å². The summed E-state index contributed by atoms with van der Waals surface area (Å²) < 4.78 is 5.17. The van der Waals surface area contributed by atoms with Crippen molar-refractivity contribution < 1.29 is 9.32 Å². The van der Waals surface area contributed by atoms with Crippen molar-refractivity contribution in [2.45, 2.75) is 64.6 Å². The lowest BCUT2D eigenvalue weighted by atomic mass is 9.85. The van der Waals surface area contributed by atoms with Crippen LogP contribution in [0.15, 0.2) is 4.52 Å². The minimum Gasteiger partial charge on any atom is -0.361 e. The molecule has 1 aromatic heterocycles. The Kier molecular flexibility index (Phi) is 4.02. The maximum absolute atomic E-state index is 12.6. The van der Waals surface area contributed by atoms with Crippen LogP contribution in [0.5, 0.6) is 0 Å². The normalized spacial score (nSPS) is 28.4. The number of hydrogen-bond acceptors (Lipinski definition) is 4. The number of nitrogens with zero attached hydrogens (tertiary/aromatic N) is 2. The molecule has 1 amide bonds. The number of aromatic nitrogens is 1. The fourth-order valence-corrected chi connectivity index (χ4v) is 3.82. The molecule has 0 unspecified atom stereocenters. The molecule has 1 saturated carbocycles. The highest BCUT2D eigenvalue weighted by Crippen LogP contribution is 2.33. The summed E-state index contributed by atoms with van der Waals surface area (Å²) in [6, 6.07) is 0.545. The smallest absolute Gasteiger partial charge is 0.239 e. The van der Waals surface area contributed by atoms with E-state index in [2.05, 4.69) is 10.5 Å². The van der Waals surface area contributed by atoms with E-state index in [-0.39, 0.29) is 11.9 Å². The summed E-state index contributed by atoms with van der Waals surface area (Å²) in [4.78, 5) is 14.5. The van der Waals surface area contributed by atoms with E-state index in [4.69, 9.17) is 4.52 Å². The number of carbonyl (C=O) groups excluding carboxylic acids is 1. The monoisotopic (exact) mass is 291 g/mol. The molecule has 5 heteroatoms. The topological polar surface area (TPSA) is 58.4 Å². The molecule has 2 aliphatic rings. The Hall–Kier alpha value is -1.36. The van der Waals surface area contributed by atoms with Crippen molar-refractivity contribution in [1.82, 2.24) is 15.4 Å².